The van der Waals surface area contributed by atoms with E-state index in [4.69, 9.17) is 0 Å². The molecule has 1 aliphatic heterocycles. The highest BCUT2D eigenvalue weighted by Crippen LogP contribution is 2.08. The van der Waals surface area contributed by atoms with E-state index in [1.807, 2.05) is 25.1 Å². The molecule has 0 saturated heterocycles. The highest BCUT2D eigenvalue weighted by Gasteiger charge is 2.10. The zero-order valence-corrected chi connectivity index (χ0v) is 6.86. The van der Waals surface area contributed by atoms with Crippen LogP contribution in [0, 0.1) is 0 Å². The molecule has 2 heterocycles. The van der Waals surface area contributed by atoms with Crippen LogP contribution in [0.4, 0.5) is 0 Å². The molecule has 0 unspecified atom stereocenters. The van der Waals surface area contributed by atoms with Gasteiger partial charge in [-0.05, 0) is 19.1 Å². The van der Waals surface area contributed by atoms with Gasteiger partial charge in [0.1, 0.15) is 0 Å². The number of hydrogen-bond donors (Lipinski definition) is 0. The summed E-state index contributed by atoms with van der Waals surface area (Å²) in [5.41, 5.74) is 2.95. The molecule has 0 radical (unpaired) electrons. The van der Waals surface area contributed by atoms with E-state index in [9.17, 15) is 0 Å². The lowest BCUT2D eigenvalue weighted by molar-refractivity contribution is 1.23. The van der Waals surface area contributed by atoms with E-state index in [1.165, 1.54) is 0 Å². The van der Waals surface area contributed by atoms with Gasteiger partial charge in [-0.2, -0.15) is 10.2 Å². The smallest absolute Gasteiger partial charge is 0.0943 e. The summed E-state index contributed by atoms with van der Waals surface area (Å²) in [7, 11) is 0. The fraction of sp³-hybridized carbons (Fsp3) is 0.222. The van der Waals surface area contributed by atoms with Crippen LogP contribution in [0.25, 0.3) is 0 Å². The van der Waals surface area contributed by atoms with Crippen LogP contribution >= 0.6 is 0 Å². The van der Waals surface area contributed by atoms with E-state index >= 15 is 0 Å². The largest absolute Gasteiger partial charge is 0.255 e. The van der Waals surface area contributed by atoms with Crippen LogP contribution in [-0.2, 0) is 0 Å². The van der Waals surface area contributed by atoms with Crippen molar-refractivity contribution in [1.82, 2.24) is 4.98 Å². The zero-order valence-electron chi connectivity index (χ0n) is 6.86. The van der Waals surface area contributed by atoms with E-state index in [0.29, 0.717) is 0 Å². The Hall–Kier alpha value is -1.51. The Kier molecular flexibility index (Phi) is 1.70. The lowest BCUT2D eigenvalue weighted by atomic mass is 10.1. The normalized spacial score (nSPS) is 15.8. The summed E-state index contributed by atoms with van der Waals surface area (Å²) in [5, 5.41) is 7.99. The molecule has 1 aliphatic rings. The van der Waals surface area contributed by atoms with Crippen molar-refractivity contribution in [3.63, 3.8) is 0 Å². The van der Waals surface area contributed by atoms with Crippen molar-refractivity contribution in [2.75, 3.05) is 0 Å². The van der Waals surface area contributed by atoms with E-state index in [0.717, 1.165) is 23.5 Å². The second-order valence-electron chi connectivity index (χ2n) is 2.77. The molecule has 3 heteroatoms. The fourth-order valence-corrected chi connectivity index (χ4v) is 1.13. The number of rotatable bonds is 1. The van der Waals surface area contributed by atoms with Gasteiger partial charge in [-0.1, -0.05) is 6.07 Å². The molecule has 0 fully saturated rings. The number of pyridine rings is 1. The van der Waals surface area contributed by atoms with Crippen molar-refractivity contribution >= 4 is 11.4 Å². The van der Waals surface area contributed by atoms with Crippen LogP contribution < -0.4 is 0 Å². The molecule has 1 aromatic heterocycles. The number of nitrogens with zero attached hydrogens (tertiary/aromatic N) is 3. The topological polar surface area (TPSA) is 37.6 Å². The number of hydrogen-bond acceptors (Lipinski definition) is 3. The summed E-state index contributed by atoms with van der Waals surface area (Å²) < 4.78 is 0. The van der Waals surface area contributed by atoms with E-state index < -0.39 is 0 Å². The molecule has 12 heavy (non-hydrogen) atoms. The molecule has 0 atom stereocenters. The maximum Gasteiger partial charge on any atom is 0.0943 e. The molecule has 0 aliphatic carbocycles. The van der Waals surface area contributed by atoms with Crippen molar-refractivity contribution < 1.29 is 0 Å². The van der Waals surface area contributed by atoms with Crippen LogP contribution in [0.1, 0.15) is 19.0 Å². The summed E-state index contributed by atoms with van der Waals surface area (Å²) in [4.78, 5) is 4.19. The molecular formula is C9H9N3. The van der Waals surface area contributed by atoms with Crippen LogP contribution in [0.15, 0.2) is 34.6 Å². The second kappa shape index (κ2) is 2.85. The first-order valence-electron chi connectivity index (χ1n) is 3.87. The predicted molar refractivity (Wildman–Crippen MR) is 48.5 cm³/mol. The molecule has 0 amide bonds. The summed E-state index contributed by atoms with van der Waals surface area (Å²) >= 11 is 0. The van der Waals surface area contributed by atoms with Crippen molar-refractivity contribution in [2.45, 2.75) is 13.3 Å². The molecule has 0 spiro atoms. The lowest BCUT2D eigenvalue weighted by Crippen LogP contribution is -2.02. The first-order chi connectivity index (χ1) is 5.86. The van der Waals surface area contributed by atoms with E-state index in [2.05, 4.69) is 15.2 Å². The summed E-state index contributed by atoms with van der Waals surface area (Å²) in [6.07, 6.45) is 2.60. The first kappa shape index (κ1) is 7.16. The van der Waals surface area contributed by atoms with E-state index in [-0.39, 0.29) is 0 Å². The minimum atomic E-state index is 0.830. The number of aromatic nitrogens is 1. The molecule has 0 aromatic carbocycles. The molecule has 3 nitrogen and oxygen atoms in total. The predicted octanol–water partition coefficient (Wildman–Crippen LogP) is 1.65. The quantitative estimate of drug-likeness (QED) is 0.613. The minimum absolute atomic E-state index is 0.830. The Bertz CT molecular complexity index is 338. The van der Waals surface area contributed by atoms with Crippen molar-refractivity contribution in [3.05, 3.63) is 30.1 Å². The maximum absolute atomic E-state index is 4.19. The van der Waals surface area contributed by atoms with Gasteiger partial charge in [0.05, 0.1) is 11.4 Å². The Morgan fingerprint density at radius 1 is 1.25 bits per heavy atom. The molecular weight excluding hydrogens is 150 g/mol. The van der Waals surface area contributed by atoms with Crippen LogP contribution in [0.3, 0.4) is 0 Å². The van der Waals surface area contributed by atoms with Gasteiger partial charge < -0.3 is 0 Å². The summed E-state index contributed by atoms with van der Waals surface area (Å²) in [5.74, 6) is 0. The van der Waals surface area contributed by atoms with Crippen molar-refractivity contribution in [3.8, 4) is 0 Å². The van der Waals surface area contributed by atoms with Gasteiger partial charge in [0.2, 0.25) is 0 Å². The van der Waals surface area contributed by atoms with Gasteiger partial charge in [-0.3, -0.25) is 4.98 Å². The first-order valence-corrected chi connectivity index (χ1v) is 3.87. The molecule has 0 bridgehead atoms. The van der Waals surface area contributed by atoms with Crippen LogP contribution in [-0.4, -0.2) is 16.4 Å². The zero-order chi connectivity index (χ0) is 8.39. The Balaban J connectivity index is 2.25. The Labute approximate surface area is 70.9 Å². The minimum Gasteiger partial charge on any atom is -0.255 e. The average Bonchev–Trinajstić information content (AvgIpc) is 2.54. The van der Waals surface area contributed by atoms with Gasteiger partial charge in [-0.25, -0.2) is 0 Å². The second-order valence-corrected chi connectivity index (χ2v) is 2.77. The molecule has 1 aromatic rings. The third-order valence-corrected chi connectivity index (χ3v) is 1.73. The standard InChI is InChI=1S/C9H9N3/c1-7-6-9(12-11-7)8-4-2-3-5-10-8/h2-5H,6H2,1H3. The van der Waals surface area contributed by atoms with Crippen LogP contribution in [0.2, 0.25) is 0 Å². The molecule has 2 rings (SSSR count). The van der Waals surface area contributed by atoms with Crippen molar-refractivity contribution in [2.24, 2.45) is 10.2 Å². The van der Waals surface area contributed by atoms with Gasteiger partial charge in [0.15, 0.2) is 0 Å². The highest BCUT2D eigenvalue weighted by atomic mass is 15.2. The Morgan fingerprint density at radius 2 is 2.17 bits per heavy atom. The third-order valence-electron chi connectivity index (χ3n) is 1.73. The molecule has 0 saturated carbocycles. The highest BCUT2D eigenvalue weighted by molar-refractivity contribution is 6.13. The van der Waals surface area contributed by atoms with Gasteiger partial charge in [0, 0.05) is 18.3 Å². The SMILES string of the molecule is CC1=NN=C(c2ccccn2)C1. The average molecular weight is 159 g/mol. The Morgan fingerprint density at radius 3 is 2.75 bits per heavy atom. The van der Waals surface area contributed by atoms with Crippen LogP contribution in [0.5, 0.6) is 0 Å². The fourth-order valence-electron chi connectivity index (χ4n) is 1.13. The van der Waals surface area contributed by atoms with Gasteiger partial charge >= 0.3 is 0 Å². The van der Waals surface area contributed by atoms with Gasteiger partial charge in [-0.15, -0.1) is 0 Å². The molecule has 60 valence electrons. The van der Waals surface area contributed by atoms with E-state index in [1.54, 1.807) is 6.20 Å². The summed E-state index contributed by atoms with van der Waals surface area (Å²) in [6.45, 7) is 1.97. The third kappa shape index (κ3) is 1.25. The molecule has 0 N–H and O–H groups in total. The van der Waals surface area contributed by atoms with Crippen molar-refractivity contribution in [1.29, 1.82) is 0 Å². The lowest BCUT2D eigenvalue weighted by Gasteiger charge is -1.95. The monoisotopic (exact) mass is 159 g/mol. The maximum atomic E-state index is 4.19. The summed E-state index contributed by atoms with van der Waals surface area (Å²) in [6, 6.07) is 5.80. The van der Waals surface area contributed by atoms with Gasteiger partial charge in [0.25, 0.3) is 0 Å².